The fraction of sp³-hybridized carbons (Fsp3) is 0.462. The van der Waals surface area contributed by atoms with Crippen LogP contribution in [0, 0.1) is 11.7 Å². The molecular weight excluding hydrogens is 255 g/mol. The molecule has 0 aliphatic carbocycles. The normalized spacial score (nSPS) is 11.5. The highest BCUT2D eigenvalue weighted by atomic mass is 35.5. The first-order valence-electron chi connectivity index (χ1n) is 5.85. The van der Waals surface area contributed by atoms with Crippen molar-refractivity contribution in [2.75, 3.05) is 13.1 Å². The first-order chi connectivity index (χ1) is 8.13. The monoisotopic (exact) mass is 274 g/mol. The van der Waals surface area contributed by atoms with Crippen molar-refractivity contribution in [2.24, 2.45) is 11.7 Å². The van der Waals surface area contributed by atoms with E-state index in [1.807, 2.05) is 13.0 Å². The van der Waals surface area contributed by atoms with Crippen LogP contribution in [0.25, 0.3) is 0 Å². The second-order valence-electron chi connectivity index (χ2n) is 4.17. The van der Waals surface area contributed by atoms with Crippen molar-refractivity contribution < 1.29 is 9.18 Å². The zero-order chi connectivity index (χ0) is 12.7. The summed E-state index contributed by atoms with van der Waals surface area (Å²) in [5.74, 6) is -0.435. The molecule has 1 unspecified atom stereocenters. The van der Waals surface area contributed by atoms with E-state index in [-0.39, 0.29) is 30.0 Å². The number of nitrogens with two attached hydrogens (primary N) is 1. The minimum Gasteiger partial charge on any atom is -0.356 e. The van der Waals surface area contributed by atoms with Gasteiger partial charge in [0, 0.05) is 12.5 Å². The lowest BCUT2D eigenvalue weighted by Gasteiger charge is -2.12. The minimum atomic E-state index is -0.266. The molecule has 0 bridgehead atoms. The summed E-state index contributed by atoms with van der Waals surface area (Å²) in [6, 6.07) is 6.34. The van der Waals surface area contributed by atoms with Gasteiger partial charge >= 0.3 is 0 Å². The van der Waals surface area contributed by atoms with Crippen molar-refractivity contribution in [3.05, 3.63) is 35.6 Å². The Morgan fingerprint density at radius 3 is 2.83 bits per heavy atom. The number of carbonyl (C=O) groups excluding carboxylic acids is 1. The first-order valence-corrected chi connectivity index (χ1v) is 5.85. The molecule has 0 fully saturated rings. The van der Waals surface area contributed by atoms with Crippen molar-refractivity contribution in [2.45, 2.75) is 19.8 Å². The van der Waals surface area contributed by atoms with Gasteiger partial charge in [0.1, 0.15) is 5.82 Å². The van der Waals surface area contributed by atoms with E-state index in [9.17, 15) is 9.18 Å². The van der Waals surface area contributed by atoms with Gasteiger partial charge in [-0.25, -0.2) is 4.39 Å². The highest BCUT2D eigenvalue weighted by molar-refractivity contribution is 5.85. The van der Waals surface area contributed by atoms with Crippen LogP contribution in [-0.4, -0.2) is 19.0 Å². The molecule has 0 aromatic heterocycles. The summed E-state index contributed by atoms with van der Waals surface area (Å²) in [4.78, 5) is 11.7. The summed E-state index contributed by atoms with van der Waals surface area (Å²) < 4.78 is 13.0. The van der Waals surface area contributed by atoms with Crippen LogP contribution in [0.2, 0.25) is 0 Å². The van der Waals surface area contributed by atoms with E-state index in [1.165, 1.54) is 12.1 Å². The van der Waals surface area contributed by atoms with Crippen molar-refractivity contribution >= 4 is 18.3 Å². The van der Waals surface area contributed by atoms with Gasteiger partial charge in [0.15, 0.2) is 0 Å². The van der Waals surface area contributed by atoms with E-state index >= 15 is 0 Å². The van der Waals surface area contributed by atoms with Crippen LogP contribution in [0.5, 0.6) is 0 Å². The third-order valence-corrected chi connectivity index (χ3v) is 2.56. The Morgan fingerprint density at radius 1 is 1.50 bits per heavy atom. The molecule has 3 nitrogen and oxygen atoms in total. The number of nitrogens with one attached hydrogen (secondary N) is 1. The number of carbonyl (C=O) groups is 1. The van der Waals surface area contributed by atoms with Crippen LogP contribution < -0.4 is 11.1 Å². The Balaban J connectivity index is 0.00000289. The fourth-order valence-corrected chi connectivity index (χ4v) is 1.60. The highest BCUT2D eigenvalue weighted by Crippen LogP contribution is 2.10. The lowest BCUT2D eigenvalue weighted by Crippen LogP contribution is -2.31. The molecule has 1 aromatic rings. The van der Waals surface area contributed by atoms with Crippen molar-refractivity contribution in [3.8, 4) is 0 Å². The second kappa shape index (κ2) is 8.89. The number of rotatable bonds is 6. The van der Waals surface area contributed by atoms with E-state index in [0.717, 1.165) is 12.0 Å². The number of hydrogen-bond donors (Lipinski definition) is 2. The lowest BCUT2D eigenvalue weighted by atomic mass is 10.0. The fourth-order valence-electron chi connectivity index (χ4n) is 1.60. The van der Waals surface area contributed by atoms with Crippen LogP contribution in [-0.2, 0) is 11.2 Å². The van der Waals surface area contributed by atoms with Crippen LogP contribution in [0.3, 0.4) is 0 Å². The molecule has 3 N–H and O–H groups in total. The predicted molar refractivity (Wildman–Crippen MR) is 73.2 cm³/mol. The maximum atomic E-state index is 13.0. The SMILES string of the molecule is CC(Cc1cccc(F)c1)C(=O)NCCCN.Cl. The standard InChI is InChI=1S/C13H19FN2O.ClH/c1-10(13(17)16-7-3-6-15)8-11-4-2-5-12(14)9-11;/h2,4-5,9-10H,3,6-8,15H2,1H3,(H,16,17);1H. The minimum absolute atomic E-state index is 0. The molecule has 5 heteroatoms. The average molecular weight is 275 g/mol. The zero-order valence-corrected chi connectivity index (χ0v) is 11.3. The average Bonchev–Trinajstić information content (AvgIpc) is 2.29. The summed E-state index contributed by atoms with van der Waals surface area (Å²) in [6.45, 7) is 3.00. The molecule has 1 amide bonds. The van der Waals surface area contributed by atoms with Crippen LogP contribution in [0.4, 0.5) is 4.39 Å². The Kier molecular flexibility index (Phi) is 8.33. The summed E-state index contributed by atoms with van der Waals surface area (Å²) in [6.07, 6.45) is 1.32. The molecule has 102 valence electrons. The van der Waals surface area contributed by atoms with Gasteiger partial charge < -0.3 is 11.1 Å². The van der Waals surface area contributed by atoms with Crippen LogP contribution in [0.15, 0.2) is 24.3 Å². The third kappa shape index (κ3) is 5.98. The largest absolute Gasteiger partial charge is 0.356 e. The lowest BCUT2D eigenvalue weighted by molar-refractivity contribution is -0.124. The van der Waals surface area contributed by atoms with Crippen molar-refractivity contribution in [1.29, 1.82) is 0 Å². The molecule has 0 heterocycles. The maximum absolute atomic E-state index is 13.0. The number of benzene rings is 1. The van der Waals surface area contributed by atoms with E-state index in [2.05, 4.69) is 5.32 Å². The van der Waals surface area contributed by atoms with Crippen molar-refractivity contribution in [1.82, 2.24) is 5.32 Å². The zero-order valence-electron chi connectivity index (χ0n) is 10.5. The Morgan fingerprint density at radius 2 is 2.22 bits per heavy atom. The molecule has 1 rings (SSSR count). The molecule has 0 radical (unpaired) electrons. The van der Waals surface area contributed by atoms with Gasteiger partial charge in [0.05, 0.1) is 0 Å². The van der Waals surface area contributed by atoms with E-state index in [4.69, 9.17) is 5.73 Å². The number of amides is 1. The quantitative estimate of drug-likeness (QED) is 0.779. The van der Waals surface area contributed by atoms with E-state index in [1.54, 1.807) is 6.07 Å². The van der Waals surface area contributed by atoms with Gasteiger partial charge in [-0.05, 0) is 37.1 Å². The third-order valence-electron chi connectivity index (χ3n) is 2.56. The molecule has 0 aliphatic heterocycles. The van der Waals surface area contributed by atoms with Crippen LogP contribution in [0.1, 0.15) is 18.9 Å². The molecule has 18 heavy (non-hydrogen) atoms. The highest BCUT2D eigenvalue weighted by Gasteiger charge is 2.12. The van der Waals surface area contributed by atoms with Crippen LogP contribution >= 0.6 is 12.4 Å². The number of halogens is 2. The molecule has 0 saturated heterocycles. The van der Waals surface area contributed by atoms with Gasteiger partial charge in [-0.15, -0.1) is 12.4 Å². The first kappa shape index (κ1) is 16.9. The Labute approximate surface area is 113 Å². The van der Waals surface area contributed by atoms with Gasteiger partial charge in [0.2, 0.25) is 5.91 Å². The molecule has 1 atom stereocenters. The van der Waals surface area contributed by atoms with Crippen molar-refractivity contribution in [3.63, 3.8) is 0 Å². The Bertz CT molecular complexity index is 374. The Hall–Kier alpha value is -1.13. The van der Waals surface area contributed by atoms with Gasteiger partial charge in [-0.1, -0.05) is 19.1 Å². The molecule has 0 spiro atoms. The number of hydrogen-bond acceptors (Lipinski definition) is 2. The topological polar surface area (TPSA) is 55.1 Å². The summed E-state index contributed by atoms with van der Waals surface area (Å²) in [7, 11) is 0. The molecule has 0 saturated carbocycles. The summed E-state index contributed by atoms with van der Waals surface area (Å²) in [5.41, 5.74) is 6.18. The molecular formula is C13H20ClFN2O. The van der Waals surface area contributed by atoms with E-state index < -0.39 is 0 Å². The summed E-state index contributed by atoms with van der Waals surface area (Å²) in [5, 5.41) is 2.81. The van der Waals surface area contributed by atoms with E-state index in [0.29, 0.717) is 19.5 Å². The molecule has 1 aromatic carbocycles. The summed E-state index contributed by atoms with van der Waals surface area (Å²) >= 11 is 0. The smallest absolute Gasteiger partial charge is 0.223 e. The van der Waals surface area contributed by atoms with Gasteiger partial charge in [-0.2, -0.15) is 0 Å². The van der Waals surface area contributed by atoms with Gasteiger partial charge in [-0.3, -0.25) is 4.79 Å². The van der Waals surface area contributed by atoms with Gasteiger partial charge in [0.25, 0.3) is 0 Å². The molecule has 0 aliphatic rings. The second-order valence-corrected chi connectivity index (χ2v) is 4.17. The maximum Gasteiger partial charge on any atom is 0.223 e. The predicted octanol–water partition coefficient (Wildman–Crippen LogP) is 1.89.